The van der Waals surface area contributed by atoms with E-state index in [4.69, 9.17) is 9.47 Å². The molecule has 1 amide bonds. The van der Waals surface area contributed by atoms with Gasteiger partial charge in [-0.15, -0.1) is 0 Å². The van der Waals surface area contributed by atoms with Gasteiger partial charge < -0.3 is 20.1 Å². The molecule has 154 valence electrons. The first kappa shape index (κ1) is 19.7. The molecule has 1 unspecified atom stereocenters. The fourth-order valence-corrected chi connectivity index (χ4v) is 3.34. The van der Waals surface area contributed by atoms with Gasteiger partial charge in [0.2, 0.25) is 5.95 Å². The molecule has 2 N–H and O–H groups in total. The minimum absolute atomic E-state index is 0.152. The number of amides is 1. The van der Waals surface area contributed by atoms with Gasteiger partial charge in [0, 0.05) is 23.6 Å². The highest BCUT2D eigenvalue weighted by Gasteiger charge is 2.22. The molecule has 30 heavy (non-hydrogen) atoms. The Balaban J connectivity index is 1.52. The average Bonchev–Trinajstić information content (AvgIpc) is 2.77. The lowest BCUT2D eigenvalue weighted by Crippen LogP contribution is -2.32. The van der Waals surface area contributed by atoms with Crippen LogP contribution in [0.1, 0.15) is 35.8 Å². The van der Waals surface area contributed by atoms with Crippen LogP contribution < -0.4 is 20.1 Å². The first-order chi connectivity index (χ1) is 14.6. The number of ether oxygens (including phenoxy) is 2. The number of rotatable bonds is 6. The molecule has 7 heteroatoms. The Morgan fingerprint density at radius 2 is 1.73 bits per heavy atom. The van der Waals surface area contributed by atoms with Crippen LogP contribution in [0.5, 0.6) is 11.5 Å². The number of anilines is 2. The molecule has 2 aromatic carbocycles. The van der Waals surface area contributed by atoms with Crippen molar-refractivity contribution in [1.29, 1.82) is 0 Å². The maximum absolute atomic E-state index is 13.0. The average molecular weight is 404 g/mol. The molecule has 1 atom stereocenters. The number of hydrogen-bond acceptors (Lipinski definition) is 6. The van der Waals surface area contributed by atoms with Crippen molar-refractivity contribution >= 4 is 17.5 Å². The lowest BCUT2D eigenvalue weighted by atomic mass is 9.95. The Labute approximate surface area is 175 Å². The summed E-state index contributed by atoms with van der Waals surface area (Å²) in [5, 5.41) is 6.26. The SMILES string of the molecule is CC(C)C(NC(=O)c1cccc(Nc2ncccn2)c1)c1ccc2c(c1)OCCO2. The predicted molar refractivity (Wildman–Crippen MR) is 114 cm³/mol. The number of hydrogen-bond donors (Lipinski definition) is 2. The summed E-state index contributed by atoms with van der Waals surface area (Å²) in [4.78, 5) is 21.3. The number of aromatic nitrogens is 2. The molecule has 4 rings (SSSR count). The van der Waals surface area contributed by atoms with E-state index in [0.717, 1.165) is 17.0 Å². The topological polar surface area (TPSA) is 85.4 Å². The Morgan fingerprint density at radius 1 is 0.967 bits per heavy atom. The standard InChI is InChI=1S/C23H24N4O3/c1-15(2)21(16-7-8-19-20(14-16)30-12-11-29-19)27-22(28)17-5-3-6-18(13-17)26-23-24-9-4-10-25-23/h3-10,13-15,21H,11-12H2,1-2H3,(H,27,28)(H,24,25,26). The van der Waals surface area contributed by atoms with Crippen molar-refractivity contribution in [3.8, 4) is 11.5 Å². The van der Waals surface area contributed by atoms with Gasteiger partial charge in [0.05, 0.1) is 6.04 Å². The summed E-state index contributed by atoms with van der Waals surface area (Å²) in [6.07, 6.45) is 3.32. The van der Waals surface area contributed by atoms with E-state index in [1.54, 1.807) is 30.6 Å². The number of fused-ring (bicyclic) bond motifs is 1. The largest absolute Gasteiger partial charge is 0.486 e. The van der Waals surface area contributed by atoms with Gasteiger partial charge >= 0.3 is 0 Å². The highest BCUT2D eigenvalue weighted by molar-refractivity contribution is 5.95. The molecule has 7 nitrogen and oxygen atoms in total. The van der Waals surface area contributed by atoms with Gasteiger partial charge in [0.1, 0.15) is 13.2 Å². The molecule has 1 aliphatic heterocycles. The smallest absolute Gasteiger partial charge is 0.251 e. The molecule has 2 heterocycles. The van der Waals surface area contributed by atoms with Gasteiger partial charge in [0.15, 0.2) is 11.5 Å². The molecule has 0 radical (unpaired) electrons. The molecular formula is C23H24N4O3. The molecular weight excluding hydrogens is 380 g/mol. The normalized spacial score (nSPS) is 13.6. The van der Waals surface area contributed by atoms with E-state index in [0.29, 0.717) is 30.5 Å². The summed E-state index contributed by atoms with van der Waals surface area (Å²) in [6, 6.07) is 14.7. The summed E-state index contributed by atoms with van der Waals surface area (Å²) >= 11 is 0. The van der Waals surface area contributed by atoms with Crippen molar-refractivity contribution < 1.29 is 14.3 Å². The Morgan fingerprint density at radius 3 is 2.50 bits per heavy atom. The van der Waals surface area contributed by atoms with Crippen LogP contribution in [-0.2, 0) is 0 Å². The number of carbonyl (C=O) groups excluding carboxylic acids is 1. The Bertz CT molecular complexity index is 1020. The van der Waals surface area contributed by atoms with Crippen molar-refractivity contribution in [3.05, 3.63) is 72.1 Å². The Kier molecular flexibility index (Phi) is 5.79. The zero-order chi connectivity index (χ0) is 20.9. The molecule has 1 aromatic heterocycles. The minimum Gasteiger partial charge on any atom is -0.486 e. The van der Waals surface area contributed by atoms with E-state index in [-0.39, 0.29) is 17.9 Å². The quantitative estimate of drug-likeness (QED) is 0.643. The third-order valence-electron chi connectivity index (χ3n) is 4.83. The number of carbonyl (C=O) groups is 1. The second kappa shape index (κ2) is 8.82. The van der Waals surface area contributed by atoms with Crippen molar-refractivity contribution in [2.24, 2.45) is 5.92 Å². The first-order valence-electron chi connectivity index (χ1n) is 9.94. The highest BCUT2D eigenvalue weighted by Crippen LogP contribution is 2.34. The summed E-state index contributed by atoms with van der Waals surface area (Å²) in [7, 11) is 0. The van der Waals surface area contributed by atoms with E-state index in [9.17, 15) is 4.79 Å². The summed E-state index contributed by atoms with van der Waals surface area (Å²) in [5.41, 5.74) is 2.28. The van der Waals surface area contributed by atoms with E-state index in [1.165, 1.54) is 0 Å². The minimum atomic E-state index is -0.164. The van der Waals surface area contributed by atoms with Crippen molar-refractivity contribution in [3.63, 3.8) is 0 Å². The second-order valence-corrected chi connectivity index (χ2v) is 7.38. The maximum atomic E-state index is 13.0. The van der Waals surface area contributed by atoms with E-state index >= 15 is 0 Å². The second-order valence-electron chi connectivity index (χ2n) is 7.38. The maximum Gasteiger partial charge on any atom is 0.251 e. The van der Waals surface area contributed by atoms with Crippen LogP contribution in [0.3, 0.4) is 0 Å². The molecule has 1 aliphatic rings. The van der Waals surface area contributed by atoms with Crippen LogP contribution in [0.4, 0.5) is 11.6 Å². The molecule has 0 bridgehead atoms. The molecule has 0 aliphatic carbocycles. The van der Waals surface area contributed by atoms with Crippen LogP contribution in [0.15, 0.2) is 60.9 Å². The molecule has 0 spiro atoms. The summed E-state index contributed by atoms with van der Waals surface area (Å²) in [5.74, 6) is 1.97. The van der Waals surface area contributed by atoms with E-state index in [1.807, 2.05) is 30.3 Å². The molecule has 0 saturated heterocycles. The number of nitrogens with one attached hydrogen (secondary N) is 2. The highest BCUT2D eigenvalue weighted by atomic mass is 16.6. The summed E-state index contributed by atoms with van der Waals surface area (Å²) in [6.45, 7) is 5.23. The van der Waals surface area contributed by atoms with Crippen LogP contribution in [-0.4, -0.2) is 29.1 Å². The van der Waals surface area contributed by atoms with Gasteiger partial charge in [-0.2, -0.15) is 0 Å². The first-order valence-corrected chi connectivity index (χ1v) is 9.94. The predicted octanol–water partition coefficient (Wildman–Crippen LogP) is 4.12. The third-order valence-corrected chi connectivity index (χ3v) is 4.83. The van der Waals surface area contributed by atoms with Gasteiger partial charge in [0.25, 0.3) is 5.91 Å². The van der Waals surface area contributed by atoms with Crippen LogP contribution in [0.25, 0.3) is 0 Å². The number of benzene rings is 2. The van der Waals surface area contributed by atoms with Crippen molar-refractivity contribution in [2.45, 2.75) is 19.9 Å². The van der Waals surface area contributed by atoms with Gasteiger partial charge in [-0.3, -0.25) is 4.79 Å². The third kappa shape index (κ3) is 4.51. The zero-order valence-electron chi connectivity index (χ0n) is 17.0. The molecule has 3 aromatic rings. The number of nitrogens with zero attached hydrogens (tertiary/aromatic N) is 2. The van der Waals surface area contributed by atoms with E-state index < -0.39 is 0 Å². The lowest BCUT2D eigenvalue weighted by Gasteiger charge is -2.25. The van der Waals surface area contributed by atoms with Crippen LogP contribution in [0, 0.1) is 5.92 Å². The lowest BCUT2D eigenvalue weighted by molar-refractivity contribution is 0.0925. The fraction of sp³-hybridized carbons (Fsp3) is 0.261. The van der Waals surface area contributed by atoms with Crippen molar-refractivity contribution in [1.82, 2.24) is 15.3 Å². The Hall–Kier alpha value is -3.61. The van der Waals surface area contributed by atoms with E-state index in [2.05, 4.69) is 34.4 Å². The molecule has 0 fully saturated rings. The zero-order valence-corrected chi connectivity index (χ0v) is 17.0. The van der Waals surface area contributed by atoms with Crippen LogP contribution >= 0.6 is 0 Å². The fourth-order valence-electron chi connectivity index (χ4n) is 3.34. The molecule has 0 saturated carbocycles. The van der Waals surface area contributed by atoms with Gasteiger partial charge in [-0.25, -0.2) is 9.97 Å². The van der Waals surface area contributed by atoms with Crippen LogP contribution in [0.2, 0.25) is 0 Å². The van der Waals surface area contributed by atoms with Crippen molar-refractivity contribution in [2.75, 3.05) is 18.5 Å². The van der Waals surface area contributed by atoms with Gasteiger partial charge in [-0.1, -0.05) is 26.0 Å². The summed E-state index contributed by atoms with van der Waals surface area (Å²) < 4.78 is 11.3. The monoisotopic (exact) mass is 404 g/mol. The van der Waals surface area contributed by atoms with Gasteiger partial charge in [-0.05, 0) is 47.9 Å².